The second-order valence-corrected chi connectivity index (χ2v) is 14.7. The van der Waals surface area contributed by atoms with E-state index in [-0.39, 0.29) is 40.5 Å². The van der Waals surface area contributed by atoms with E-state index in [1.807, 2.05) is 0 Å². The van der Waals surface area contributed by atoms with Gasteiger partial charge in [-0.1, -0.05) is 10.4 Å². The molecule has 2 aliphatic rings. The maximum atomic E-state index is 15.7. The van der Waals surface area contributed by atoms with Crippen molar-refractivity contribution in [2.75, 3.05) is 24.7 Å². The summed E-state index contributed by atoms with van der Waals surface area (Å²) in [6.45, 7) is -4.88. The Bertz CT molecular complexity index is 1810. The summed E-state index contributed by atoms with van der Waals surface area (Å²) in [7, 11) is -2.60. The topological polar surface area (TPSA) is 279 Å². The second-order valence-electron chi connectivity index (χ2n) is 9.43. The number of aromatic nitrogens is 10. The van der Waals surface area contributed by atoms with Gasteiger partial charge in [0, 0.05) is 0 Å². The average Bonchev–Trinajstić information content (AvgIpc) is 3.73. The normalized spacial score (nSPS) is 29.4. The van der Waals surface area contributed by atoms with Crippen molar-refractivity contribution in [1.82, 2.24) is 49.9 Å². The van der Waals surface area contributed by atoms with Crippen LogP contribution in [-0.2, 0) is 34.9 Å². The molecule has 4 aromatic heterocycles. The van der Waals surface area contributed by atoms with Crippen molar-refractivity contribution in [2.24, 2.45) is 0 Å². The lowest BCUT2D eigenvalue weighted by Gasteiger charge is -2.27. The standard InChI is InChI=1S/C18H21FN12O8P2S2/c19-8-11(39-40(34)42)6(38-17(8)30-13-9(26-28-30)12(20)22-4-23-13)3-36-41(35,43)7-1-5(2-32)37-16(7)31-14-10(27-29-31)15(33)25-18(21)24-14/h4-8,11,16-17,32H,1-3H2,(H6-,20,21,22,23,24,25,28,29,33,34,35,42,43)/p+1/t5-,6+,7+,8-,11+,16+,17+,41?/m0/s1. The minimum atomic E-state index is -3.91. The van der Waals surface area contributed by atoms with Gasteiger partial charge in [0.05, 0.1) is 25.0 Å². The summed E-state index contributed by atoms with van der Waals surface area (Å²) >= 11 is 9.23. The number of fused-ring (bicyclic) bond motifs is 2. The third-order valence-electron chi connectivity index (χ3n) is 6.82. The smallest absolute Gasteiger partial charge is 0.394 e. The number of aromatic amines is 1. The minimum absolute atomic E-state index is 0.00826. The zero-order valence-electron chi connectivity index (χ0n) is 21.4. The van der Waals surface area contributed by atoms with Gasteiger partial charge in [-0.25, -0.2) is 14.4 Å². The molecule has 0 bridgehead atoms. The maximum Gasteiger partial charge on any atom is 0.582 e. The first-order chi connectivity index (χ1) is 20.5. The van der Waals surface area contributed by atoms with Gasteiger partial charge in [0.1, 0.15) is 24.7 Å². The van der Waals surface area contributed by atoms with Crippen molar-refractivity contribution >= 4 is 71.9 Å². The number of thiol groups is 1. The maximum absolute atomic E-state index is 15.7. The SMILES string of the molecule is Nc1nc2c(nnn2[C@@H]2O[C@H](CO)C[C@H]2P(O)(=S)OC[C@H]2O[C@@H](n3nnc4c(N)ncnc43)[C@@H](F)[C@@H]2O[P+](=O)S)c(=O)[nH]1. The largest absolute Gasteiger partial charge is 0.582 e. The van der Waals surface area contributed by atoms with Gasteiger partial charge >= 0.3 is 7.23 Å². The van der Waals surface area contributed by atoms with E-state index in [1.165, 1.54) is 0 Å². The van der Waals surface area contributed by atoms with E-state index in [2.05, 4.69) is 52.8 Å². The summed E-state index contributed by atoms with van der Waals surface area (Å²) in [5.74, 6) is -0.209. The predicted molar refractivity (Wildman–Crippen MR) is 150 cm³/mol. The van der Waals surface area contributed by atoms with Gasteiger partial charge in [-0.3, -0.25) is 9.78 Å². The summed E-state index contributed by atoms with van der Waals surface area (Å²) in [5, 5.41) is 25.3. The average molecular weight is 680 g/mol. The Hall–Kier alpha value is -2.85. The van der Waals surface area contributed by atoms with Crippen LogP contribution in [0.25, 0.3) is 22.3 Å². The molecule has 7 N–H and O–H groups in total. The quantitative estimate of drug-likeness (QED) is 0.0922. The number of aliphatic hydroxyl groups excluding tert-OH is 1. The zero-order chi connectivity index (χ0) is 30.6. The molecule has 2 fully saturated rings. The Balaban J connectivity index is 1.26. The van der Waals surface area contributed by atoms with Gasteiger partial charge in [0.2, 0.25) is 5.95 Å². The summed E-state index contributed by atoms with van der Waals surface area (Å²) in [6, 6.07) is 0. The highest BCUT2D eigenvalue weighted by atomic mass is 32.7. The van der Waals surface area contributed by atoms with Gasteiger partial charge in [0.25, 0.3) is 5.56 Å². The number of ether oxygens (including phenoxy) is 2. The minimum Gasteiger partial charge on any atom is -0.394 e. The van der Waals surface area contributed by atoms with Gasteiger partial charge in [-0.15, -0.1) is 14.7 Å². The molecule has 0 amide bonds. The Morgan fingerprint density at radius 2 is 1.93 bits per heavy atom. The molecule has 0 spiro atoms. The molecule has 0 aromatic carbocycles. The molecule has 2 unspecified atom stereocenters. The number of nitrogens with two attached hydrogens (primary N) is 2. The lowest BCUT2D eigenvalue weighted by molar-refractivity contribution is -0.0455. The number of nitrogens with zero attached hydrogens (tertiary/aromatic N) is 9. The van der Waals surface area contributed by atoms with Crippen LogP contribution in [0.4, 0.5) is 16.2 Å². The number of alkyl halides is 1. The molecule has 6 rings (SSSR count). The summed E-state index contributed by atoms with van der Waals surface area (Å²) in [4.78, 5) is 37.9. The van der Waals surface area contributed by atoms with Crippen molar-refractivity contribution < 1.29 is 37.5 Å². The second kappa shape index (κ2) is 11.6. The molecular weight excluding hydrogens is 657 g/mol. The van der Waals surface area contributed by atoms with Gasteiger partial charge < -0.3 is 35.5 Å². The molecule has 0 saturated carbocycles. The monoisotopic (exact) mass is 679 g/mol. The van der Waals surface area contributed by atoms with Gasteiger partial charge in [0.15, 0.2) is 59.4 Å². The third kappa shape index (κ3) is 5.50. The summed E-state index contributed by atoms with van der Waals surface area (Å²) in [6.07, 6.45) is -7.05. The number of hydrogen-bond donors (Lipinski definition) is 6. The van der Waals surface area contributed by atoms with Crippen molar-refractivity contribution in [3.8, 4) is 0 Å². The predicted octanol–water partition coefficient (Wildman–Crippen LogP) is -0.911. The van der Waals surface area contributed by atoms with E-state index in [9.17, 15) is 19.4 Å². The lowest BCUT2D eigenvalue weighted by Crippen LogP contribution is -2.33. The van der Waals surface area contributed by atoms with Crippen molar-refractivity contribution in [3.63, 3.8) is 0 Å². The van der Waals surface area contributed by atoms with Gasteiger partial charge in [-0.05, 0) is 22.8 Å². The van der Waals surface area contributed by atoms with Crippen LogP contribution in [0, 0.1) is 0 Å². The molecular formula is C18H22FN12O8P2S2+. The Morgan fingerprint density at radius 1 is 1.21 bits per heavy atom. The highest BCUT2D eigenvalue weighted by molar-refractivity contribution is 8.39. The van der Waals surface area contributed by atoms with E-state index >= 15 is 4.39 Å². The number of H-pyrrole nitrogens is 1. The number of anilines is 2. The number of halogens is 1. The van der Waals surface area contributed by atoms with Crippen LogP contribution in [0.1, 0.15) is 18.9 Å². The number of hydrogen-bond acceptors (Lipinski definition) is 17. The first-order valence-corrected chi connectivity index (χ1v) is 17.3. The van der Waals surface area contributed by atoms with E-state index < -0.39 is 75.1 Å². The molecule has 0 aliphatic carbocycles. The first-order valence-electron chi connectivity index (χ1n) is 12.3. The summed E-state index contributed by atoms with van der Waals surface area (Å²) < 4.78 is 52.4. The highest BCUT2D eigenvalue weighted by Crippen LogP contribution is 2.58. The van der Waals surface area contributed by atoms with E-state index in [0.717, 1.165) is 15.7 Å². The highest BCUT2D eigenvalue weighted by Gasteiger charge is 2.53. The summed E-state index contributed by atoms with van der Waals surface area (Å²) in [5.41, 5.74) is 9.78. The molecule has 9 atom stereocenters. The van der Waals surface area contributed by atoms with Crippen LogP contribution in [0.15, 0.2) is 11.1 Å². The third-order valence-corrected chi connectivity index (χ3v) is 10.5. The van der Waals surface area contributed by atoms with Crippen LogP contribution in [0.3, 0.4) is 0 Å². The van der Waals surface area contributed by atoms with Crippen LogP contribution in [0.2, 0.25) is 0 Å². The molecule has 2 aliphatic heterocycles. The fourth-order valence-electron chi connectivity index (χ4n) is 4.87. The van der Waals surface area contributed by atoms with E-state index in [0.29, 0.717) is 0 Å². The zero-order valence-corrected chi connectivity index (χ0v) is 24.9. The molecule has 43 heavy (non-hydrogen) atoms. The van der Waals surface area contributed by atoms with Gasteiger partial charge in [-0.2, -0.15) is 14.3 Å². The lowest BCUT2D eigenvalue weighted by atomic mass is 10.1. The number of rotatable bonds is 9. The molecule has 0 radical (unpaired) electrons. The fourth-order valence-corrected chi connectivity index (χ4v) is 7.99. The Morgan fingerprint density at radius 3 is 2.65 bits per heavy atom. The van der Waals surface area contributed by atoms with Crippen LogP contribution in [0.5, 0.6) is 0 Å². The fraction of sp³-hybridized carbons (Fsp3) is 0.556. The molecule has 230 valence electrons. The Labute approximate surface area is 249 Å². The molecule has 20 nitrogen and oxygen atoms in total. The van der Waals surface area contributed by atoms with E-state index in [4.69, 9.17) is 41.8 Å². The number of nitrogens with one attached hydrogen (secondary N) is 1. The molecule has 4 aromatic rings. The number of aliphatic hydroxyl groups is 1. The number of nitrogen functional groups attached to an aromatic ring is 2. The van der Waals surface area contributed by atoms with Crippen molar-refractivity contribution in [1.29, 1.82) is 0 Å². The van der Waals surface area contributed by atoms with Crippen LogP contribution < -0.4 is 17.0 Å². The van der Waals surface area contributed by atoms with Crippen molar-refractivity contribution in [2.45, 2.75) is 49.0 Å². The Kier molecular flexibility index (Phi) is 8.13. The van der Waals surface area contributed by atoms with Crippen molar-refractivity contribution in [3.05, 3.63) is 16.7 Å². The molecule has 25 heteroatoms. The van der Waals surface area contributed by atoms with Crippen LogP contribution >= 0.6 is 26.0 Å². The first kappa shape index (κ1) is 30.2. The van der Waals surface area contributed by atoms with E-state index in [1.54, 1.807) is 0 Å². The van der Waals surface area contributed by atoms with Crippen LogP contribution in [-0.4, -0.2) is 103 Å². The molecule has 6 heterocycles. The molecule has 2 saturated heterocycles.